The van der Waals surface area contributed by atoms with Crippen LogP contribution in [-0.4, -0.2) is 15.7 Å². The molecule has 19 heavy (non-hydrogen) atoms. The molecule has 2 aromatic rings. The summed E-state index contributed by atoms with van der Waals surface area (Å²) >= 11 is 1.65. The van der Waals surface area contributed by atoms with Crippen LogP contribution in [0.4, 0.5) is 0 Å². The summed E-state index contributed by atoms with van der Waals surface area (Å²) in [6.45, 7) is 6.65. The Morgan fingerprint density at radius 3 is 2.47 bits per heavy atom. The predicted molar refractivity (Wildman–Crippen MR) is 81.4 cm³/mol. The number of rotatable bonds is 4. The molecule has 0 spiro atoms. The Hall–Kier alpha value is -1.26. The molecule has 0 saturated heterocycles. The Morgan fingerprint density at radius 1 is 1.26 bits per heavy atom. The van der Waals surface area contributed by atoms with Gasteiger partial charge >= 0.3 is 0 Å². The first-order valence-electron chi connectivity index (χ1n) is 6.45. The predicted octanol–water partition coefficient (Wildman–Crippen LogP) is 3.50. The van der Waals surface area contributed by atoms with Crippen LogP contribution in [0.2, 0.25) is 0 Å². The first kappa shape index (κ1) is 14.2. The van der Waals surface area contributed by atoms with Gasteiger partial charge in [-0.25, -0.2) is 4.98 Å². The summed E-state index contributed by atoms with van der Waals surface area (Å²) in [5.41, 5.74) is 8.90. The van der Waals surface area contributed by atoms with Crippen molar-refractivity contribution in [3.63, 3.8) is 0 Å². The van der Waals surface area contributed by atoms with E-state index in [2.05, 4.69) is 55.0 Å². The minimum Gasteiger partial charge on any atom is -0.340 e. The summed E-state index contributed by atoms with van der Waals surface area (Å²) < 4.78 is 0. The molecule has 1 aromatic heterocycles. The number of H-pyrrole nitrogens is 1. The molecule has 0 aliphatic rings. The Kier molecular flexibility index (Phi) is 4.32. The summed E-state index contributed by atoms with van der Waals surface area (Å²) in [6.07, 6.45) is 3.58. The molecular formula is C15H21N3S. The number of benzene rings is 1. The number of thioether (sulfide) groups is 1. The average molecular weight is 275 g/mol. The molecule has 0 saturated carbocycles. The van der Waals surface area contributed by atoms with Crippen LogP contribution in [0.5, 0.6) is 0 Å². The Balaban J connectivity index is 1.97. The van der Waals surface area contributed by atoms with Crippen LogP contribution in [0.1, 0.15) is 37.9 Å². The highest BCUT2D eigenvalue weighted by Gasteiger charge is 2.14. The van der Waals surface area contributed by atoms with Gasteiger partial charge in [0.25, 0.3) is 0 Å². The third kappa shape index (κ3) is 3.85. The van der Waals surface area contributed by atoms with Crippen molar-refractivity contribution in [3.05, 3.63) is 47.8 Å². The number of aromatic amines is 1. The van der Waals surface area contributed by atoms with Gasteiger partial charge in [-0.3, -0.25) is 0 Å². The molecule has 4 heteroatoms. The molecule has 3 N–H and O–H groups in total. The standard InChI is InChI=1S/C15H21N3S/c1-15(2,3)12-6-4-11(5-7-12)13(16)10-19-14-17-8-9-18-14/h4-9,13H,10,16H2,1-3H3,(H,17,18). The van der Waals surface area contributed by atoms with E-state index in [0.29, 0.717) is 0 Å². The molecule has 1 unspecified atom stereocenters. The van der Waals surface area contributed by atoms with Crippen LogP contribution < -0.4 is 5.73 Å². The van der Waals surface area contributed by atoms with Gasteiger partial charge in [-0.05, 0) is 16.5 Å². The number of aromatic nitrogens is 2. The third-order valence-electron chi connectivity index (χ3n) is 3.08. The molecule has 1 aromatic carbocycles. The number of nitrogens with two attached hydrogens (primary N) is 1. The number of hydrogen-bond acceptors (Lipinski definition) is 3. The van der Waals surface area contributed by atoms with E-state index in [-0.39, 0.29) is 11.5 Å². The molecule has 0 aliphatic carbocycles. The van der Waals surface area contributed by atoms with Gasteiger partial charge in [-0.2, -0.15) is 0 Å². The van der Waals surface area contributed by atoms with Crippen LogP contribution in [0.15, 0.2) is 41.8 Å². The Bertz CT molecular complexity index is 497. The number of nitrogens with zero attached hydrogens (tertiary/aromatic N) is 1. The second kappa shape index (κ2) is 5.80. The van der Waals surface area contributed by atoms with E-state index in [0.717, 1.165) is 10.9 Å². The van der Waals surface area contributed by atoms with E-state index in [9.17, 15) is 0 Å². The highest BCUT2D eigenvalue weighted by atomic mass is 32.2. The van der Waals surface area contributed by atoms with Crippen LogP contribution >= 0.6 is 11.8 Å². The number of hydrogen-bond donors (Lipinski definition) is 2. The molecule has 2 rings (SSSR count). The fraction of sp³-hybridized carbons (Fsp3) is 0.400. The van der Waals surface area contributed by atoms with Gasteiger partial charge in [-0.1, -0.05) is 56.8 Å². The zero-order valence-corrected chi connectivity index (χ0v) is 12.5. The Labute approximate surface area is 119 Å². The lowest BCUT2D eigenvalue weighted by Gasteiger charge is -2.20. The highest BCUT2D eigenvalue weighted by Crippen LogP contribution is 2.25. The maximum Gasteiger partial charge on any atom is 0.165 e. The van der Waals surface area contributed by atoms with Gasteiger partial charge in [0.1, 0.15) is 0 Å². The van der Waals surface area contributed by atoms with Crippen molar-refractivity contribution in [1.29, 1.82) is 0 Å². The van der Waals surface area contributed by atoms with Gasteiger partial charge < -0.3 is 10.7 Å². The van der Waals surface area contributed by atoms with Crippen molar-refractivity contribution in [2.45, 2.75) is 37.4 Å². The molecule has 0 aliphatic heterocycles. The average Bonchev–Trinajstić information content (AvgIpc) is 2.88. The third-order valence-corrected chi connectivity index (χ3v) is 4.10. The zero-order chi connectivity index (χ0) is 13.9. The molecule has 0 amide bonds. The van der Waals surface area contributed by atoms with Gasteiger partial charge in [-0.15, -0.1) is 0 Å². The van der Waals surface area contributed by atoms with Crippen molar-refractivity contribution in [2.24, 2.45) is 5.73 Å². The van der Waals surface area contributed by atoms with Crippen molar-refractivity contribution >= 4 is 11.8 Å². The van der Waals surface area contributed by atoms with Gasteiger partial charge in [0.05, 0.1) is 0 Å². The number of nitrogens with one attached hydrogen (secondary N) is 1. The molecule has 3 nitrogen and oxygen atoms in total. The van der Waals surface area contributed by atoms with E-state index in [1.54, 1.807) is 18.0 Å². The SMILES string of the molecule is CC(C)(C)c1ccc(C(N)CSc2ncc[nH]2)cc1. The second-order valence-corrected chi connectivity index (χ2v) is 6.69. The van der Waals surface area contributed by atoms with Crippen LogP contribution in [0, 0.1) is 0 Å². The lowest BCUT2D eigenvalue weighted by atomic mass is 9.86. The summed E-state index contributed by atoms with van der Waals surface area (Å²) in [5.74, 6) is 0.822. The van der Waals surface area contributed by atoms with Gasteiger partial charge in [0, 0.05) is 24.2 Å². The number of imidazole rings is 1. The molecule has 102 valence electrons. The van der Waals surface area contributed by atoms with Crippen LogP contribution in [-0.2, 0) is 5.41 Å². The van der Waals surface area contributed by atoms with E-state index in [4.69, 9.17) is 5.73 Å². The van der Waals surface area contributed by atoms with Gasteiger partial charge in [0.15, 0.2) is 5.16 Å². The van der Waals surface area contributed by atoms with Crippen LogP contribution in [0.25, 0.3) is 0 Å². The highest BCUT2D eigenvalue weighted by molar-refractivity contribution is 7.99. The van der Waals surface area contributed by atoms with E-state index in [1.807, 2.05) is 6.20 Å². The monoisotopic (exact) mass is 275 g/mol. The maximum absolute atomic E-state index is 6.21. The molecular weight excluding hydrogens is 254 g/mol. The smallest absolute Gasteiger partial charge is 0.165 e. The van der Waals surface area contributed by atoms with Crippen molar-refractivity contribution in [2.75, 3.05) is 5.75 Å². The first-order valence-corrected chi connectivity index (χ1v) is 7.43. The van der Waals surface area contributed by atoms with Crippen molar-refractivity contribution in [1.82, 2.24) is 9.97 Å². The minimum absolute atomic E-state index is 0.0316. The normalized spacial score (nSPS) is 13.5. The summed E-state index contributed by atoms with van der Waals surface area (Å²) in [7, 11) is 0. The topological polar surface area (TPSA) is 54.7 Å². The first-order chi connectivity index (χ1) is 8.97. The zero-order valence-electron chi connectivity index (χ0n) is 11.7. The second-order valence-electron chi connectivity index (χ2n) is 5.68. The largest absolute Gasteiger partial charge is 0.340 e. The minimum atomic E-state index is 0.0316. The van der Waals surface area contributed by atoms with E-state index < -0.39 is 0 Å². The molecule has 1 atom stereocenters. The molecule has 0 bridgehead atoms. The lowest BCUT2D eigenvalue weighted by Crippen LogP contribution is -2.15. The lowest BCUT2D eigenvalue weighted by molar-refractivity contribution is 0.589. The Morgan fingerprint density at radius 2 is 1.95 bits per heavy atom. The summed E-state index contributed by atoms with van der Waals surface area (Å²) in [5, 5.41) is 0.918. The quantitative estimate of drug-likeness (QED) is 0.840. The summed E-state index contributed by atoms with van der Waals surface area (Å²) in [4.78, 5) is 7.25. The van der Waals surface area contributed by atoms with E-state index >= 15 is 0 Å². The molecule has 0 fully saturated rings. The molecule has 1 heterocycles. The van der Waals surface area contributed by atoms with Gasteiger partial charge in [0.2, 0.25) is 0 Å². The molecule has 0 radical (unpaired) electrons. The fourth-order valence-corrected chi connectivity index (χ4v) is 2.64. The van der Waals surface area contributed by atoms with Crippen LogP contribution in [0.3, 0.4) is 0 Å². The van der Waals surface area contributed by atoms with E-state index in [1.165, 1.54) is 11.1 Å². The van der Waals surface area contributed by atoms with Crippen molar-refractivity contribution in [3.8, 4) is 0 Å². The van der Waals surface area contributed by atoms with Crippen molar-refractivity contribution < 1.29 is 0 Å². The fourth-order valence-electron chi connectivity index (χ4n) is 1.82. The summed E-state index contributed by atoms with van der Waals surface area (Å²) in [6, 6.07) is 8.64. The maximum atomic E-state index is 6.21.